The summed E-state index contributed by atoms with van der Waals surface area (Å²) >= 11 is 0. The number of carbonyl (C=O) groups is 4. The number of rotatable bonds is 8. The van der Waals surface area contributed by atoms with Crippen LogP contribution >= 0.6 is 0 Å². The molecular formula is C14H21NO6. The topological polar surface area (TPSA) is 90.0 Å². The van der Waals surface area contributed by atoms with E-state index in [9.17, 15) is 19.2 Å². The lowest BCUT2D eigenvalue weighted by molar-refractivity contribution is -0.197. The van der Waals surface area contributed by atoms with Crippen LogP contribution in [0.2, 0.25) is 0 Å². The fraction of sp³-hybridized carbons (Fsp3) is 0.714. The SMILES string of the molecule is CCC(C)COC(=O)CCCC(=O)ON1C(=O)CCC1=O. The standard InChI is InChI=1S/C14H21NO6/c1-3-10(2)9-20-13(18)5-4-6-14(19)21-15-11(16)7-8-12(15)17/h10H,3-9H2,1-2H3. The molecule has 0 aromatic heterocycles. The first kappa shape index (κ1) is 17.1. The van der Waals surface area contributed by atoms with Gasteiger partial charge in [-0.2, -0.15) is 0 Å². The summed E-state index contributed by atoms with van der Waals surface area (Å²) in [5.41, 5.74) is 0. The maximum Gasteiger partial charge on any atom is 0.333 e. The Morgan fingerprint density at radius 2 is 1.71 bits per heavy atom. The number of amides is 2. The Labute approximate surface area is 123 Å². The van der Waals surface area contributed by atoms with E-state index in [-0.39, 0.29) is 38.1 Å². The average molecular weight is 299 g/mol. The van der Waals surface area contributed by atoms with Crippen molar-refractivity contribution in [2.75, 3.05) is 6.61 Å². The molecule has 0 aromatic carbocycles. The zero-order valence-electron chi connectivity index (χ0n) is 12.4. The lowest BCUT2D eigenvalue weighted by atomic mass is 10.1. The average Bonchev–Trinajstić information content (AvgIpc) is 2.76. The summed E-state index contributed by atoms with van der Waals surface area (Å²) in [6.45, 7) is 4.36. The van der Waals surface area contributed by atoms with Gasteiger partial charge in [-0.1, -0.05) is 20.3 Å². The second-order valence-corrected chi connectivity index (χ2v) is 5.10. The smallest absolute Gasteiger partial charge is 0.333 e. The molecule has 0 saturated carbocycles. The third kappa shape index (κ3) is 5.93. The quantitative estimate of drug-likeness (QED) is 0.496. The molecule has 1 saturated heterocycles. The predicted molar refractivity (Wildman–Crippen MR) is 71.4 cm³/mol. The molecular weight excluding hydrogens is 278 g/mol. The van der Waals surface area contributed by atoms with E-state index >= 15 is 0 Å². The molecule has 0 aromatic rings. The van der Waals surface area contributed by atoms with Crippen molar-refractivity contribution in [2.45, 2.75) is 52.4 Å². The van der Waals surface area contributed by atoms with Gasteiger partial charge in [-0.3, -0.25) is 14.4 Å². The Bertz CT molecular complexity index is 404. The van der Waals surface area contributed by atoms with Crippen molar-refractivity contribution >= 4 is 23.8 Å². The lowest BCUT2D eigenvalue weighted by Crippen LogP contribution is -2.32. The Morgan fingerprint density at radius 1 is 1.14 bits per heavy atom. The number of hydrogen-bond acceptors (Lipinski definition) is 6. The van der Waals surface area contributed by atoms with E-state index in [2.05, 4.69) is 4.84 Å². The van der Waals surface area contributed by atoms with Gasteiger partial charge in [-0.15, -0.1) is 5.06 Å². The van der Waals surface area contributed by atoms with Gasteiger partial charge in [-0.05, 0) is 12.3 Å². The summed E-state index contributed by atoms with van der Waals surface area (Å²) in [5.74, 6) is -1.78. The summed E-state index contributed by atoms with van der Waals surface area (Å²) in [6, 6.07) is 0. The minimum absolute atomic E-state index is 0.0461. The molecule has 1 aliphatic rings. The number of hydrogen-bond donors (Lipinski definition) is 0. The van der Waals surface area contributed by atoms with Gasteiger partial charge in [0.05, 0.1) is 6.61 Å². The minimum atomic E-state index is -0.701. The van der Waals surface area contributed by atoms with Crippen molar-refractivity contribution in [3.63, 3.8) is 0 Å². The van der Waals surface area contributed by atoms with Crippen molar-refractivity contribution in [3.05, 3.63) is 0 Å². The second kappa shape index (κ2) is 8.39. The number of carbonyl (C=O) groups excluding carboxylic acids is 4. The molecule has 1 fully saturated rings. The Hall–Kier alpha value is -1.92. The van der Waals surface area contributed by atoms with Crippen LogP contribution in [0.3, 0.4) is 0 Å². The molecule has 118 valence electrons. The molecule has 0 N–H and O–H groups in total. The summed E-state index contributed by atoms with van der Waals surface area (Å²) in [5, 5.41) is 0.504. The predicted octanol–water partition coefficient (Wildman–Crippen LogP) is 1.35. The summed E-state index contributed by atoms with van der Waals surface area (Å²) < 4.78 is 5.03. The fourth-order valence-electron chi connectivity index (χ4n) is 1.61. The third-order valence-corrected chi connectivity index (χ3v) is 3.19. The van der Waals surface area contributed by atoms with Crippen LogP contribution in [0.25, 0.3) is 0 Å². The second-order valence-electron chi connectivity index (χ2n) is 5.10. The maximum absolute atomic E-state index is 11.5. The van der Waals surface area contributed by atoms with Crippen LogP contribution < -0.4 is 0 Å². The normalized spacial score (nSPS) is 16.0. The first-order valence-electron chi connectivity index (χ1n) is 7.16. The van der Waals surface area contributed by atoms with Crippen molar-refractivity contribution in [1.82, 2.24) is 5.06 Å². The number of nitrogens with zero attached hydrogens (tertiary/aromatic N) is 1. The Morgan fingerprint density at radius 3 is 2.29 bits per heavy atom. The fourth-order valence-corrected chi connectivity index (χ4v) is 1.61. The first-order chi connectivity index (χ1) is 9.93. The summed E-state index contributed by atoms with van der Waals surface area (Å²) in [7, 11) is 0. The number of hydroxylamine groups is 2. The van der Waals surface area contributed by atoms with E-state index in [1.54, 1.807) is 0 Å². The van der Waals surface area contributed by atoms with Gasteiger partial charge in [0.25, 0.3) is 11.8 Å². The molecule has 21 heavy (non-hydrogen) atoms. The Kier molecular flexibility index (Phi) is 6.84. The zero-order valence-corrected chi connectivity index (χ0v) is 12.4. The molecule has 1 aliphatic heterocycles. The highest BCUT2D eigenvalue weighted by atomic mass is 16.7. The molecule has 1 rings (SSSR count). The number of esters is 1. The molecule has 7 heteroatoms. The third-order valence-electron chi connectivity index (χ3n) is 3.19. The van der Waals surface area contributed by atoms with Crippen LogP contribution in [-0.4, -0.2) is 35.4 Å². The minimum Gasteiger partial charge on any atom is -0.465 e. The molecule has 0 spiro atoms. The summed E-state index contributed by atoms with van der Waals surface area (Å²) in [6.07, 6.45) is 1.37. The number of ether oxygens (including phenoxy) is 1. The molecule has 0 radical (unpaired) electrons. The van der Waals surface area contributed by atoms with Crippen molar-refractivity contribution < 1.29 is 28.8 Å². The highest BCUT2D eigenvalue weighted by Gasteiger charge is 2.32. The van der Waals surface area contributed by atoms with Gasteiger partial charge in [0.1, 0.15) is 0 Å². The van der Waals surface area contributed by atoms with E-state index < -0.39 is 17.8 Å². The van der Waals surface area contributed by atoms with Crippen LogP contribution in [-0.2, 0) is 28.8 Å². The van der Waals surface area contributed by atoms with Crippen LogP contribution in [0.15, 0.2) is 0 Å². The molecule has 2 amide bonds. The van der Waals surface area contributed by atoms with E-state index in [4.69, 9.17) is 4.74 Å². The highest BCUT2D eigenvalue weighted by Crippen LogP contribution is 2.13. The zero-order chi connectivity index (χ0) is 15.8. The number of imide groups is 1. The van der Waals surface area contributed by atoms with Crippen LogP contribution in [0, 0.1) is 5.92 Å². The monoisotopic (exact) mass is 299 g/mol. The van der Waals surface area contributed by atoms with Crippen LogP contribution in [0.5, 0.6) is 0 Å². The van der Waals surface area contributed by atoms with Crippen LogP contribution in [0.4, 0.5) is 0 Å². The largest absolute Gasteiger partial charge is 0.465 e. The molecule has 1 atom stereocenters. The molecule has 1 heterocycles. The van der Waals surface area contributed by atoms with Gasteiger partial charge in [0.2, 0.25) is 0 Å². The van der Waals surface area contributed by atoms with Crippen molar-refractivity contribution in [2.24, 2.45) is 5.92 Å². The van der Waals surface area contributed by atoms with E-state index in [1.165, 1.54) is 0 Å². The van der Waals surface area contributed by atoms with Gasteiger partial charge >= 0.3 is 11.9 Å². The van der Waals surface area contributed by atoms with Gasteiger partial charge in [0.15, 0.2) is 0 Å². The van der Waals surface area contributed by atoms with E-state index in [0.717, 1.165) is 6.42 Å². The van der Waals surface area contributed by atoms with Crippen molar-refractivity contribution in [3.8, 4) is 0 Å². The van der Waals surface area contributed by atoms with Crippen LogP contribution in [0.1, 0.15) is 52.4 Å². The highest BCUT2D eigenvalue weighted by molar-refractivity contribution is 6.01. The molecule has 7 nitrogen and oxygen atoms in total. The molecule has 0 bridgehead atoms. The Balaban J connectivity index is 2.17. The molecule has 1 unspecified atom stereocenters. The lowest BCUT2D eigenvalue weighted by Gasteiger charge is -2.12. The van der Waals surface area contributed by atoms with E-state index in [1.807, 2.05) is 13.8 Å². The van der Waals surface area contributed by atoms with Gasteiger partial charge in [0, 0.05) is 25.7 Å². The van der Waals surface area contributed by atoms with Gasteiger partial charge < -0.3 is 9.57 Å². The molecule has 0 aliphatic carbocycles. The van der Waals surface area contributed by atoms with Gasteiger partial charge in [-0.25, -0.2) is 4.79 Å². The summed E-state index contributed by atoms with van der Waals surface area (Å²) in [4.78, 5) is 50.0. The van der Waals surface area contributed by atoms with E-state index in [0.29, 0.717) is 17.6 Å². The van der Waals surface area contributed by atoms with Crippen molar-refractivity contribution in [1.29, 1.82) is 0 Å². The first-order valence-corrected chi connectivity index (χ1v) is 7.16. The maximum atomic E-state index is 11.5.